The fraction of sp³-hybridized carbons (Fsp3) is 0.209. The minimum Gasteiger partial charge on any atom is -0.313 e. The highest BCUT2D eigenvalue weighted by Crippen LogP contribution is 2.42. The number of aromatic nitrogens is 1. The maximum absolute atomic E-state index is 2.48. The van der Waals surface area contributed by atoms with Gasteiger partial charge in [-0.1, -0.05) is 137 Å². The van der Waals surface area contributed by atoms with Gasteiger partial charge in [-0.15, -0.1) is 11.3 Å². The van der Waals surface area contributed by atoms with Crippen LogP contribution in [0.2, 0.25) is 0 Å². The van der Waals surface area contributed by atoms with Gasteiger partial charge in [0.1, 0.15) is 0 Å². The molecule has 2 aromatic heterocycles. The molecule has 1 atom stereocenters. The number of rotatable bonds is 6. The molecule has 7 rings (SSSR count). The lowest BCUT2D eigenvalue weighted by Gasteiger charge is -2.22. The van der Waals surface area contributed by atoms with Gasteiger partial charge in [0.15, 0.2) is 0 Å². The van der Waals surface area contributed by atoms with E-state index in [1.165, 1.54) is 70.7 Å². The highest BCUT2D eigenvalue weighted by molar-refractivity contribution is 7.20. The third kappa shape index (κ3) is 5.88. The summed E-state index contributed by atoms with van der Waals surface area (Å²) in [5.41, 5.74) is 12.0. The molecule has 2 heterocycles. The van der Waals surface area contributed by atoms with Gasteiger partial charge in [-0.05, 0) is 72.1 Å². The zero-order chi connectivity index (χ0) is 31.3. The van der Waals surface area contributed by atoms with Crippen LogP contribution < -0.4 is 0 Å². The van der Waals surface area contributed by atoms with Crippen molar-refractivity contribution >= 4 is 49.7 Å². The molecule has 0 radical (unpaired) electrons. The molecular weight excluding hydrogens is 563 g/mol. The van der Waals surface area contributed by atoms with E-state index in [-0.39, 0.29) is 5.92 Å². The van der Waals surface area contributed by atoms with Crippen LogP contribution in [-0.2, 0) is 12.8 Å². The van der Waals surface area contributed by atoms with Crippen molar-refractivity contribution in [2.24, 2.45) is 5.92 Å². The number of allylic oxidation sites excluding steroid dienone is 10. The second kappa shape index (κ2) is 13.7. The van der Waals surface area contributed by atoms with Crippen molar-refractivity contribution in [3.8, 4) is 0 Å². The second-order valence-electron chi connectivity index (χ2n) is 11.6. The highest BCUT2D eigenvalue weighted by Gasteiger charge is 2.22. The van der Waals surface area contributed by atoms with Gasteiger partial charge >= 0.3 is 0 Å². The summed E-state index contributed by atoms with van der Waals surface area (Å²) in [6.45, 7) is 10.8. The number of benzene rings is 3. The summed E-state index contributed by atoms with van der Waals surface area (Å²) in [5.74, 6) is 0.283. The third-order valence-electron chi connectivity index (χ3n) is 8.83. The van der Waals surface area contributed by atoms with Crippen molar-refractivity contribution in [1.82, 2.24) is 4.57 Å². The van der Waals surface area contributed by atoms with E-state index in [2.05, 4.69) is 153 Å². The second-order valence-corrected chi connectivity index (χ2v) is 12.7. The fourth-order valence-corrected chi connectivity index (χ4v) is 8.01. The highest BCUT2D eigenvalue weighted by atomic mass is 32.1. The van der Waals surface area contributed by atoms with E-state index >= 15 is 0 Å². The lowest BCUT2D eigenvalue weighted by Crippen LogP contribution is -2.09. The van der Waals surface area contributed by atoms with Crippen LogP contribution in [0.15, 0.2) is 127 Å². The standard InChI is InChI=1S/C41H37NS.C2H6/c1-4-5-6-15-30-26-31-16-7-8-18-34(31)39(27-30)42-29(3)33(35-19-11-13-22-38(35)42)25-24-28(2)32-17-9-10-21-37-36-20-12-14-23-40(36)43-41(32)37;1-2/h5-20,22-25,27-28H,4,21,26H2,1-3H3;1-2H3/b6-5-,25-24-,30-15+;. The Hall–Kier alpha value is -4.40. The molecule has 0 N–H and O–H groups in total. The lowest BCUT2D eigenvalue weighted by atomic mass is 9.90. The molecule has 0 aliphatic heterocycles. The average molecular weight is 606 g/mol. The van der Waals surface area contributed by atoms with Gasteiger partial charge in [0, 0.05) is 37.7 Å². The Bertz CT molecular complexity index is 2030. The summed E-state index contributed by atoms with van der Waals surface area (Å²) in [5, 5.41) is 2.69. The van der Waals surface area contributed by atoms with Gasteiger partial charge in [0.2, 0.25) is 0 Å². The van der Waals surface area contributed by atoms with Crippen molar-refractivity contribution in [2.45, 2.75) is 53.9 Å². The summed E-state index contributed by atoms with van der Waals surface area (Å²) < 4.78 is 3.86. The first-order valence-corrected chi connectivity index (χ1v) is 17.3. The van der Waals surface area contributed by atoms with Crippen LogP contribution in [-0.4, -0.2) is 4.57 Å². The van der Waals surface area contributed by atoms with Crippen LogP contribution in [0.5, 0.6) is 0 Å². The molecule has 0 saturated carbocycles. The van der Waals surface area contributed by atoms with Crippen molar-refractivity contribution in [1.29, 1.82) is 0 Å². The smallest absolute Gasteiger partial charge is 0.0537 e. The zero-order valence-electron chi connectivity index (χ0n) is 27.2. The van der Waals surface area contributed by atoms with Crippen LogP contribution >= 0.6 is 11.3 Å². The molecule has 2 aliphatic rings. The first-order chi connectivity index (χ1) is 22.1. The van der Waals surface area contributed by atoms with E-state index in [0.717, 1.165) is 19.3 Å². The normalized spacial score (nSPS) is 16.0. The van der Waals surface area contributed by atoms with Gasteiger partial charge < -0.3 is 4.57 Å². The van der Waals surface area contributed by atoms with Crippen LogP contribution in [0.25, 0.3) is 38.3 Å². The number of fused-ring (bicyclic) bond motifs is 5. The topological polar surface area (TPSA) is 4.93 Å². The van der Waals surface area contributed by atoms with E-state index in [0.29, 0.717) is 0 Å². The molecule has 1 unspecified atom stereocenters. The molecule has 2 heteroatoms. The Balaban J connectivity index is 0.00000175. The van der Waals surface area contributed by atoms with Crippen molar-refractivity contribution < 1.29 is 0 Å². The zero-order valence-corrected chi connectivity index (χ0v) is 28.0. The predicted octanol–water partition coefficient (Wildman–Crippen LogP) is 12.4. The summed E-state index contributed by atoms with van der Waals surface area (Å²) in [6, 6.07) is 26.6. The summed E-state index contributed by atoms with van der Waals surface area (Å²) in [4.78, 5) is 1.43. The van der Waals surface area contributed by atoms with Gasteiger partial charge in [0.25, 0.3) is 0 Å². The maximum Gasteiger partial charge on any atom is 0.0537 e. The first-order valence-electron chi connectivity index (χ1n) is 16.5. The molecule has 0 amide bonds. The van der Waals surface area contributed by atoms with E-state index in [1.807, 2.05) is 25.2 Å². The molecular formula is C43H43NS. The Morgan fingerprint density at radius 1 is 0.933 bits per heavy atom. The maximum atomic E-state index is 2.48. The summed E-state index contributed by atoms with van der Waals surface area (Å²) >= 11 is 1.94. The number of hydrogen-bond donors (Lipinski definition) is 0. The summed E-state index contributed by atoms with van der Waals surface area (Å²) in [6.07, 6.45) is 23.7. The Morgan fingerprint density at radius 2 is 1.69 bits per heavy atom. The number of hydrogen-bond acceptors (Lipinski definition) is 1. The Kier molecular flexibility index (Phi) is 9.33. The van der Waals surface area contributed by atoms with Crippen LogP contribution in [0.3, 0.4) is 0 Å². The van der Waals surface area contributed by atoms with Crippen LogP contribution in [0, 0.1) is 12.8 Å². The molecule has 0 saturated heterocycles. The third-order valence-corrected chi connectivity index (χ3v) is 10.1. The van der Waals surface area contributed by atoms with Gasteiger partial charge in [-0.2, -0.15) is 0 Å². The molecule has 0 fully saturated rings. The molecule has 3 aromatic carbocycles. The van der Waals surface area contributed by atoms with Crippen LogP contribution in [0.1, 0.15) is 66.9 Å². The van der Waals surface area contributed by atoms with Crippen molar-refractivity contribution in [3.05, 3.63) is 160 Å². The monoisotopic (exact) mass is 605 g/mol. The molecule has 226 valence electrons. The summed E-state index contributed by atoms with van der Waals surface area (Å²) in [7, 11) is 0. The van der Waals surface area contributed by atoms with Gasteiger partial charge in [-0.3, -0.25) is 0 Å². The van der Waals surface area contributed by atoms with Gasteiger partial charge in [-0.25, -0.2) is 0 Å². The van der Waals surface area contributed by atoms with E-state index in [1.54, 1.807) is 0 Å². The molecule has 2 aliphatic carbocycles. The van der Waals surface area contributed by atoms with E-state index < -0.39 is 0 Å². The first kappa shape index (κ1) is 30.6. The fourth-order valence-electron chi connectivity index (χ4n) is 6.65. The van der Waals surface area contributed by atoms with Crippen molar-refractivity contribution in [2.75, 3.05) is 0 Å². The molecule has 0 bridgehead atoms. The molecule has 1 nitrogen and oxygen atoms in total. The number of para-hydroxylation sites is 1. The molecule has 5 aromatic rings. The lowest BCUT2D eigenvalue weighted by molar-refractivity contribution is 0.972. The van der Waals surface area contributed by atoms with E-state index in [9.17, 15) is 0 Å². The van der Waals surface area contributed by atoms with Crippen LogP contribution in [0.4, 0.5) is 0 Å². The Morgan fingerprint density at radius 3 is 2.53 bits per heavy atom. The minimum absolute atomic E-state index is 0.283. The molecule has 45 heavy (non-hydrogen) atoms. The minimum atomic E-state index is 0.283. The van der Waals surface area contributed by atoms with Crippen molar-refractivity contribution in [3.63, 3.8) is 0 Å². The Labute approximate surface area is 272 Å². The molecule has 0 spiro atoms. The average Bonchev–Trinajstić information content (AvgIpc) is 3.49. The quantitative estimate of drug-likeness (QED) is 0.181. The van der Waals surface area contributed by atoms with E-state index in [4.69, 9.17) is 0 Å². The number of thiophene rings is 1. The SMILES string of the molecule is CC.CC/C=C\C=C1\C=C(n2c(C)c(/C=C\C(C)C3=CC=CCc4c3sc3ccccc43)c3ccccc32)c2ccccc2C1. The predicted molar refractivity (Wildman–Crippen MR) is 200 cm³/mol. The van der Waals surface area contributed by atoms with Gasteiger partial charge in [0.05, 0.1) is 11.2 Å². The largest absolute Gasteiger partial charge is 0.313 e. The number of nitrogens with zero attached hydrogens (tertiary/aromatic N) is 1.